The SMILES string of the molecule is CC1C(=O)N(c2ccc3c(c2)OCO3)CCN1C(=O)c1cccc(Cl)c1. The molecule has 2 heterocycles. The molecule has 7 heteroatoms. The highest BCUT2D eigenvalue weighted by Crippen LogP contribution is 2.36. The van der Waals surface area contributed by atoms with Crippen LogP contribution in [0.25, 0.3) is 0 Å². The molecule has 2 aliphatic rings. The van der Waals surface area contributed by atoms with Gasteiger partial charge in [-0.2, -0.15) is 0 Å². The average molecular weight is 373 g/mol. The van der Waals surface area contributed by atoms with Crippen molar-refractivity contribution in [1.29, 1.82) is 0 Å². The lowest BCUT2D eigenvalue weighted by atomic mass is 10.1. The Morgan fingerprint density at radius 2 is 1.92 bits per heavy atom. The first-order valence-corrected chi connectivity index (χ1v) is 8.70. The summed E-state index contributed by atoms with van der Waals surface area (Å²) in [6.45, 7) is 2.77. The summed E-state index contributed by atoms with van der Waals surface area (Å²) in [7, 11) is 0. The third-order valence-electron chi connectivity index (χ3n) is 4.66. The van der Waals surface area contributed by atoms with Crippen LogP contribution in [0.2, 0.25) is 5.02 Å². The van der Waals surface area contributed by atoms with E-state index in [1.165, 1.54) is 0 Å². The summed E-state index contributed by atoms with van der Waals surface area (Å²) in [5.41, 5.74) is 1.22. The van der Waals surface area contributed by atoms with Crippen LogP contribution < -0.4 is 14.4 Å². The quantitative estimate of drug-likeness (QED) is 0.813. The Bertz CT molecular complexity index is 886. The van der Waals surface area contributed by atoms with E-state index >= 15 is 0 Å². The zero-order chi connectivity index (χ0) is 18.3. The molecule has 0 bridgehead atoms. The summed E-state index contributed by atoms with van der Waals surface area (Å²) in [5, 5.41) is 0.494. The Kier molecular flexibility index (Phi) is 4.20. The fourth-order valence-electron chi connectivity index (χ4n) is 3.24. The lowest BCUT2D eigenvalue weighted by molar-refractivity contribution is -0.124. The second kappa shape index (κ2) is 6.53. The van der Waals surface area contributed by atoms with Crippen LogP contribution in [0.3, 0.4) is 0 Å². The molecule has 4 rings (SSSR count). The Hall–Kier alpha value is -2.73. The fraction of sp³-hybridized carbons (Fsp3) is 0.263. The van der Waals surface area contributed by atoms with Gasteiger partial charge in [-0.3, -0.25) is 9.59 Å². The molecule has 0 radical (unpaired) electrons. The number of anilines is 1. The van der Waals surface area contributed by atoms with Gasteiger partial charge < -0.3 is 19.3 Å². The van der Waals surface area contributed by atoms with Crippen LogP contribution in [0.1, 0.15) is 17.3 Å². The Labute approximate surface area is 155 Å². The van der Waals surface area contributed by atoms with Crippen LogP contribution in [0.5, 0.6) is 11.5 Å². The number of rotatable bonds is 2. The van der Waals surface area contributed by atoms with Crippen molar-refractivity contribution in [3.63, 3.8) is 0 Å². The van der Waals surface area contributed by atoms with Gasteiger partial charge in [0.25, 0.3) is 5.91 Å². The topological polar surface area (TPSA) is 59.1 Å². The van der Waals surface area contributed by atoms with Crippen LogP contribution in [-0.4, -0.2) is 42.6 Å². The van der Waals surface area contributed by atoms with Crippen LogP contribution >= 0.6 is 11.6 Å². The number of amides is 2. The Morgan fingerprint density at radius 3 is 2.73 bits per heavy atom. The monoisotopic (exact) mass is 372 g/mol. The molecule has 0 aromatic heterocycles. The minimum Gasteiger partial charge on any atom is -0.454 e. The smallest absolute Gasteiger partial charge is 0.254 e. The van der Waals surface area contributed by atoms with E-state index in [1.54, 1.807) is 53.1 Å². The number of hydrogen-bond acceptors (Lipinski definition) is 4. The molecule has 0 N–H and O–H groups in total. The van der Waals surface area contributed by atoms with E-state index in [2.05, 4.69) is 0 Å². The van der Waals surface area contributed by atoms with Gasteiger partial charge >= 0.3 is 0 Å². The molecule has 1 unspecified atom stereocenters. The minimum atomic E-state index is -0.569. The van der Waals surface area contributed by atoms with E-state index in [4.69, 9.17) is 21.1 Å². The molecule has 2 aromatic rings. The molecule has 6 nitrogen and oxygen atoms in total. The third-order valence-corrected chi connectivity index (χ3v) is 4.89. The number of piperazine rings is 1. The second-order valence-electron chi connectivity index (χ2n) is 6.21. The van der Waals surface area contributed by atoms with Crippen LogP contribution in [0, 0.1) is 0 Å². The molecule has 2 amide bonds. The summed E-state index contributed by atoms with van der Waals surface area (Å²) >= 11 is 5.97. The highest BCUT2D eigenvalue weighted by Gasteiger charge is 2.35. The first-order valence-electron chi connectivity index (χ1n) is 8.32. The molecule has 1 fully saturated rings. The maximum absolute atomic E-state index is 12.9. The van der Waals surface area contributed by atoms with Crippen molar-refractivity contribution in [1.82, 2.24) is 4.90 Å². The zero-order valence-corrected chi connectivity index (χ0v) is 14.9. The Balaban J connectivity index is 1.54. The first kappa shape index (κ1) is 16.7. The summed E-state index contributed by atoms with van der Waals surface area (Å²) in [6, 6.07) is 11.6. The summed E-state index contributed by atoms with van der Waals surface area (Å²) < 4.78 is 10.7. The van der Waals surface area contributed by atoms with Crippen LogP contribution in [0.15, 0.2) is 42.5 Å². The third kappa shape index (κ3) is 2.86. The second-order valence-corrected chi connectivity index (χ2v) is 6.65. The molecule has 2 aliphatic heterocycles. The minimum absolute atomic E-state index is 0.134. The van der Waals surface area contributed by atoms with Crippen molar-refractivity contribution >= 4 is 29.1 Å². The van der Waals surface area contributed by atoms with Gasteiger partial charge in [-0.1, -0.05) is 17.7 Å². The molecule has 0 spiro atoms. The van der Waals surface area contributed by atoms with Gasteiger partial charge in [-0.25, -0.2) is 0 Å². The van der Waals surface area contributed by atoms with E-state index < -0.39 is 6.04 Å². The largest absolute Gasteiger partial charge is 0.454 e. The molecule has 2 aromatic carbocycles. The summed E-state index contributed by atoms with van der Waals surface area (Å²) in [5.74, 6) is 0.966. The van der Waals surface area contributed by atoms with Gasteiger partial charge in [0.15, 0.2) is 11.5 Å². The highest BCUT2D eigenvalue weighted by atomic mass is 35.5. The van der Waals surface area contributed by atoms with E-state index in [1.807, 2.05) is 6.07 Å². The molecule has 1 saturated heterocycles. The van der Waals surface area contributed by atoms with Crippen molar-refractivity contribution < 1.29 is 19.1 Å². The molecule has 0 aliphatic carbocycles. The number of carbonyl (C=O) groups is 2. The maximum atomic E-state index is 12.9. The van der Waals surface area contributed by atoms with E-state index in [9.17, 15) is 9.59 Å². The molecular formula is C19H17ClN2O4. The highest BCUT2D eigenvalue weighted by molar-refractivity contribution is 6.31. The standard InChI is InChI=1S/C19H17ClN2O4/c1-12-18(23)22(15-5-6-16-17(10-15)26-11-25-16)8-7-21(12)19(24)13-3-2-4-14(20)9-13/h2-6,9-10,12H,7-8,11H2,1H3. The summed E-state index contributed by atoms with van der Waals surface area (Å²) in [4.78, 5) is 28.9. The predicted octanol–water partition coefficient (Wildman–Crippen LogP) is 2.95. The van der Waals surface area contributed by atoms with E-state index in [0.29, 0.717) is 35.2 Å². The number of carbonyl (C=O) groups excluding carboxylic acids is 2. The van der Waals surface area contributed by atoms with Crippen molar-refractivity contribution in [3.8, 4) is 11.5 Å². The van der Waals surface area contributed by atoms with Crippen molar-refractivity contribution in [2.45, 2.75) is 13.0 Å². The predicted molar refractivity (Wildman–Crippen MR) is 96.9 cm³/mol. The zero-order valence-electron chi connectivity index (χ0n) is 14.1. The van der Waals surface area contributed by atoms with Crippen molar-refractivity contribution in [2.24, 2.45) is 0 Å². The number of hydrogen-bond donors (Lipinski definition) is 0. The van der Waals surface area contributed by atoms with Gasteiger partial charge in [0.2, 0.25) is 12.7 Å². The van der Waals surface area contributed by atoms with Gasteiger partial charge in [0.1, 0.15) is 6.04 Å². The number of halogens is 1. The van der Waals surface area contributed by atoms with E-state index in [-0.39, 0.29) is 18.6 Å². The number of benzene rings is 2. The van der Waals surface area contributed by atoms with Gasteiger partial charge in [0.05, 0.1) is 0 Å². The van der Waals surface area contributed by atoms with Gasteiger partial charge in [-0.15, -0.1) is 0 Å². The number of ether oxygens (including phenoxy) is 2. The van der Waals surface area contributed by atoms with Crippen molar-refractivity contribution in [3.05, 3.63) is 53.1 Å². The van der Waals surface area contributed by atoms with Gasteiger partial charge in [0, 0.05) is 35.4 Å². The molecule has 26 heavy (non-hydrogen) atoms. The normalized spacial score (nSPS) is 19.0. The first-order chi connectivity index (χ1) is 12.5. The number of fused-ring (bicyclic) bond motifs is 1. The lowest BCUT2D eigenvalue weighted by Gasteiger charge is -2.39. The lowest BCUT2D eigenvalue weighted by Crippen LogP contribution is -2.57. The average Bonchev–Trinajstić information content (AvgIpc) is 3.11. The molecule has 0 saturated carbocycles. The molecular weight excluding hydrogens is 356 g/mol. The molecule has 134 valence electrons. The van der Waals surface area contributed by atoms with Crippen molar-refractivity contribution in [2.75, 3.05) is 24.8 Å². The van der Waals surface area contributed by atoms with Crippen LogP contribution in [-0.2, 0) is 4.79 Å². The van der Waals surface area contributed by atoms with Crippen LogP contribution in [0.4, 0.5) is 5.69 Å². The maximum Gasteiger partial charge on any atom is 0.254 e. The van der Waals surface area contributed by atoms with E-state index in [0.717, 1.165) is 5.69 Å². The Morgan fingerprint density at radius 1 is 1.12 bits per heavy atom. The number of nitrogens with zero attached hydrogens (tertiary/aromatic N) is 2. The molecule has 1 atom stereocenters. The summed E-state index contributed by atoms with van der Waals surface area (Å²) in [6.07, 6.45) is 0. The fourth-order valence-corrected chi connectivity index (χ4v) is 3.43. The van der Waals surface area contributed by atoms with Gasteiger partial charge in [-0.05, 0) is 37.3 Å².